The quantitative estimate of drug-likeness (QED) is 0.894. The minimum Gasteiger partial charge on any atom is -0.315 e. The third-order valence-electron chi connectivity index (χ3n) is 3.81. The van der Waals surface area contributed by atoms with Crippen molar-refractivity contribution in [2.45, 2.75) is 18.3 Å². The van der Waals surface area contributed by atoms with E-state index < -0.39 is 0 Å². The van der Waals surface area contributed by atoms with Crippen LogP contribution in [-0.2, 0) is 11.8 Å². The van der Waals surface area contributed by atoms with Crippen LogP contribution >= 0.6 is 22.9 Å². The number of aryl methyl sites for hydroxylation is 1. The van der Waals surface area contributed by atoms with Gasteiger partial charge in [-0.3, -0.25) is 0 Å². The molecular weight excluding hydrogens is 262 g/mol. The van der Waals surface area contributed by atoms with Gasteiger partial charge in [0.25, 0.3) is 0 Å². The van der Waals surface area contributed by atoms with Gasteiger partial charge >= 0.3 is 0 Å². The van der Waals surface area contributed by atoms with Crippen molar-refractivity contribution >= 4 is 22.9 Å². The van der Waals surface area contributed by atoms with E-state index in [2.05, 4.69) is 35.0 Å². The van der Waals surface area contributed by atoms with Gasteiger partial charge in [-0.2, -0.15) is 0 Å². The Morgan fingerprint density at radius 3 is 2.50 bits per heavy atom. The number of hydrogen-bond donors (Lipinski definition) is 1. The topological polar surface area (TPSA) is 12.0 Å². The van der Waals surface area contributed by atoms with Crippen LogP contribution < -0.4 is 5.32 Å². The molecule has 2 heterocycles. The van der Waals surface area contributed by atoms with Gasteiger partial charge in [0.05, 0.1) is 0 Å². The van der Waals surface area contributed by atoms with E-state index in [9.17, 15) is 0 Å². The first-order chi connectivity index (χ1) is 8.78. The van der Waals surface area contributed by atoms with E-state index in [-0.39, 0.29) is 0 Å². The molecule has 1 saturated heterocycles. The molecule has 1 aliphatic rings. The summed E-state index contributed by atoms with van der Waals surface area (Å²) in [7, 11) is 0. The van der Waals surface area contributed by atoms with Crippen molar-refractivity contribution in [3.8, 4) is 0 Å². The minimum atomic E-state index is 0.314. The normalized spacial score (nSPS) is 17.4. The summed E-state index contributed by atoms with van der Waals surface area (Å²) >= 11 is 7.82. The fourth-order valence-electron chi connectivity index (χ4n) is 2.57. The third kappa shape index (κ3) is 2.33. The van der Waals surface area contributed by atoms with Crippen LogP contribution in [0.1, 0.15) is 16.9 Å². The molecule has 0 saturated carbocycles. The molecule has 94 valence electrons. The number of nitrogens with one attached hydrogen (secondary N) is 1. The lowest BCUT2D eigenvalue weighted by Gasteiger charge is -2.43. The Labute approximate surface area is 117 Å². The van der Waals surface area contributed by atoms with Crippen molar-refractivity contribution in [1.29, 1.82) is 0 Å². The number of halogens is 1. The molecule has 18 heavy (non-hydrogen) atoms. The van der Waals surface area contributed by atoms with Crippen LogP contribution in [0.3, 0.4) is 0 Å². The zero-order valence-corrected chi connectivity index (χ0v) is 11.7. The van der Waals surface area contributed by atoms with Crippen molar-refractivity contribution in [2.75, 3.05) is 13.1 Å². The Kier molecular flexibility index (Phi) is 3.42. The highest BCUT2D eigenvalue weighted by Crippen LogP contribution is 2.34. The molecule has 1 N–H and O–H groups in total. The summed E-state index contributed by atoms with van der Waals surface area (Å²) in [6, 6.07) is 12.7. The predicted molar refractivity (Wildman–Crippen MR) is 78.6 cm³/mol. The lowest BCUT2D eigenvalue weighted by Crippen LogP contribution is -2.56. The van der Waals surface area contributed by atoms with Crippen LogP contribution in [0.2, 0.25) is 5.02 Å². The zero-order valence-electron chi connectivity index (χ0n) is 10.2. The smallest absolute Gasteiger partial charge is 0.0406 e. The Hall–Kier alpha value is -0.830. The first-order valence-corrected chi connectivity index (χ1v) is 7.53. The van der Waals surface area contributed by atoms with Gasteiger partial charge in [-0.25, -0.2) is 0 Å². The number of hydrogen-bond acceptors (Lipinski definition) is 2. The summed E-state index contributed by atoms with van der Waals surface area (Å²) in [5.74, 6) is 0. The van der Waals surface area contributed by atoms with Crippen molar-refractivity contribution in [1.82, 2.24) is 5.32 Å². The van der Waals surface area contributed by atoms with Crippen LogP contribution in [-0.4, -0.2) is 13.1 Å². The summed E-state index contributed by atoms with van der Waals surface area (Å²) < 4.78 is 0. The van der Waals surface area contributed by atoms with E-state index in [0.29, 0.717) is 5.41 Å². The second-order valence-corrected chi connectivity index (χ2v) is 6.44. The molecule has 3 rings (SSSR count). The molecule has 0 bridgehead atoms. The molecule has 1 nitrogen and oxygen atoms in total. The van der Waals surface area contributed by atoms with Crippen LogP contribution in [0.4, 0.5) is 0 Å². The maximum absolute atomic E-state index is 5.97. The monoisotopic (exact) mass is 277 g/mol. The van der Waals surface area contributed by atoms with E-state index in [1.54, 1.807) is 0 Å². The zero-order chi connectivity index (χ0) is 12.4. The maximum Gasteiger partial charge on any atom is 0.0406 e. The van der Waals surface area contributed by atoms with Gasteiger partial charge in [0.2, 0.25) is 0 Å². The van der Waals surface area contributed by atoms with Gasteiger partial charge in [0, 0.05) is 28.4 Å². The second-order valence-electron chi connectivity index (χ2n) is 4.97. The van der Waals surface area contributed by atoms with Crippen LogP contribution in [0, 0.1) is 0 Å². The second kappa shape index (κ2) is 5.04. The molecule has 1 aromatic carbocycles. The van der Waals surface area contributed by atoms with Crippen LogP contribution in [0.25, 0.3) is 0 Å². The Morgan fingerprint density at radius 1 is 1.17 bits per heavy atom. The minimum absolute atomic E-state index is 0.314. The number of benzene rings is 1. The Morgan fingerprint density at radius 2 is 1.94 bits per heavy atom. The van der Waals surface area contributed by atoms with E-state index in [0.717, 1.165) is 18.1 Å². The summed E-state index contributed by atoms with van der Waals surface area (Å²) in [5.41, 5.74) is 1.73. The van der Waals surface area contributed by atoms with E-state index in [4.69, 9.17) is 11.6 Å². The van der Waals surface area contributed by atoms with Crippen molar-refractivity contribution in [3.63, 3.8) is 0 Å². The van der Waals surface area contributed by atoms with Crippen molar-refractivity contribution < 1.29 is 0 Å². The largest absolute Gasteiger partial charge is 0.315 e. The number of rotatable bonds is 4. The van der Waals surface area contributed by atoms with Crippen molar-refractivity contribution in [2.24, 2.45) is 0 Å². The van der Waals surface area contributed by atoms with E-state index in [1.165, 1.54) is 23.3 Å². The summed E-state index contributed by atoms with van der Waals surface area (Å²) in [6.45, 7) is 2.17. The fraction of sp³-hybridized carbons (Fsp3) is 0.333. The molecule has 0 atom stereocenters. The Balaban J connectivity index is 1.75. The molecule has 0 radical (unpaired) electrons. The van der Waals surface area contributed by atoms with Gasteiger partial charge in [-0.05, 0) is 42.0 Å². The molecule has 0 spiro atoms. The molecule has 1 aromatic heterocycles. The highest BCUT2D eigenvalue weighted by Gasteiger charge is 2.37. The first-order valence-electron chi connectivity index (χ1n) is 6.28. The summed E-state index contributed by atoms with van der Waals surface area (Å²) in [6.07, 6.45) is 2.38. The maximum atomic E-state index is 5.97. The van der Waals surface area contributed by atoms with Gasteiger partial charge in [-0.1, -0.05) is 29.8 Å². The predicted octanol–water partition coefficient (Wildman–Crippen LogP) is 3.88. The molecule has 0 amide bonds. The van der Waals surface area contributed by atoms with E-state index >= 15 is 0 Å². The van der Waals surface area contributed by atoms with Gasteiger partial charge in [0.1, 0.15) is 0 Å². The average molecular weight is 278 g/mol. The summed E-state index contributed by atoms with van der Waals surface area (Å²) in [4.78, 5) is 1.48. The molecule has 0 unspecified atom stereocenters. The van der Waals surface area contributed by atoms with Crippen LogP contribution in [0.15, 0.2) is 41.8 Å². The summed E-state index contributed by atoms with van der Waals surface area (Å²) in [5, 5.41) is 6.39. The van der Waals surface area contributed by atoms with Gasteiger partial charge in [0.15, 0.2) is 0 Å². The Bertz CT molecular complexity index is 500. The molecule has 1 fully saturated rings. The standard InChI is InChI=1S/C15H16ClNS/c16-13-5-3-12(4-6-13)15(10-17-11-15)8-7-14-2-1-9-18-14/h1-6,9,17H,7-8,10-11H2. The van der Waals surface area contributed by atoms with Crippen molar-refractivity contribution in [3.05, 3.63) is 57.2 Å². The first kappa shape index (κ1) is 12.2. The molecule has 1 aliphatic heterocycles. The highest BCUT2D eigenvalue weighted by atomic mass is 35.5. The molecule has 0 aliphatic carbocycles. The molecule has 2 aromatic rings. The SMILES string of the molecule is Clc1ccc(C2(CCc3cccs3)CNC2)cc1. The average Bonchev–Trinajstić information content (AvgIpc) is 2.83. The lowest BCUT2D eigenvalue weighted by molar-refractivity contribution is 0.258. The highest BCUT2D eigenvalue weighted by molar-refractivity contribution is 7.09. The van der Waals surface area contributed by atoms with Crippen LogP contribution in [0.5, 0.6) is 0 Å². The number of thiophene rings is 1. The van der Waals surface area contributed by atoms with Gasteiger partial charge in [-0.15, -0.1) is 11.3 Å². The lowest BCUT2D eigenvalue weighted by atomic mass is 9.72. The molecule has 3 heteroatoms. The van der Waals surface area contributed by atoms with Gasteiger partial charge < -0.3 is 5.32 Å². The molecular formula is C15H16ClNS. The third-order valence-corrected chi connectivity index (χ3v) is 5.00. The van der Waals surface area contributed by atoms with E-state index in [1.807, 2.05) is 23.5 Å². The fourth-order valence-corrected chi connectivity index (χ4v) is 3.41.